The summed E-state index contributed by atoms with van der Waals surface area (Å²) in [5.74, 6) is 0. The van der Waals surface area contributed by atoms with E-state index in [4.69, 9.17) is 46.4 Å². The van der Waals surface area contributed by atoms with Crippen molar-refractivity contribution < 1.29 is 0 Å². The lowest BCUT2D eigenvalue weighted by Crippen LogP contribution is -1.85. The van der Waals surface area contributed by atoms with Crippen LogP contribution in [0.5, 0.6) is 0 Å². The summed E-state index contributed by atoms with van der Waals surface area (Å²) >= 11 is 27.7. The third-order valence-electron chi connectivity index (χ3n) is 2.49. The molecule has 5 heteroatoms. The van der Waals surface area contributed by atoms with E-state index in [2.05, 4.69) is 15.9 Å². The highest BCUT2D eigenvalue weighted by molar-refractivity contribution is 9.08. The van der Waals surface area contributed by atoms with Crippen molar-refractivity contribution in [2.45, 2.75) is 5.33 Å². The minimum absolute atomic E-state index is 0.429. The van der Waals surface area contributed by atoms with Crippen molar-refractivity contribution in [2.24, 2.45) is 0 Å². The second kappa shape index (κ2) is 6.02. The summed E-state index contributed by atoms with van der Waals surface area (Å²) in [4.78, 5) is 0. The second-order valence-corrected chi connectivity index (χ2v) is 5.88. The summed E-state index contributed by atoms with van der Waals surface area (Å²) in [5, 5.41) is 2.79. The molecule has 94 valence electrons. The molecule has 0 aromatic heterocycles. The molecule has 0 atom stereocenters. The van der Waals surface area contributed by atoms with Gasteiger partial charge in [-0.15, -0.1) is 0 Å². The first-order valence-electron chi connectivity index (χ1n) is 5.02. The maximum atomic E-state index is 6.25. The van der Waals surface area contributed by atoms with Gasteiger partial charge in [0.25, 0.3) is 0 Å². The maximum absolute atomic E-state index is 6.25. The first-order chi connectivity index (χ1) is 8.52. The predicted octanol–water partition coefficient (Wildman–Crippen LogP) is 6.86. The van der Waals surface area contributed by atoms with Gasteiger partial charge in [0.2, 0.25) is 0 Å². The lowest BCUT2D eigenvalue weighted by Gasteiger charge is -2.09. The molecule has 0 aliphatic heterocycles. The Morgan fingerprint density at radius 1 is 0.722 bits per heavy atom. The van der Waals surface area contributed by atoms with Crippen LogP contribution in [0.2, 0.25) is 20.1 Å². The van der Waals surface area contributed by atoms with Crippen molar-refractivity contribution in [2.75, 3.05) is 0 Å². The highest BCUT2D eigenvalue weighted by atomic mass is 79.9. The number of halogens is 5. The zero-order chi connectivity index (χ0) is 13.3. The van der Waals surface area contributed by atoms with Crippen molar-refractivity contribution in [1.29, 1.82) is 0 Å². The molecule has 0 saturated heterocycles. The molecule has 0 heterocycles. The molecule has 0 nitrogen and oxygen atoms in total. The van der Waals surface area contributed by atoms with Gasteiger partial charge in [-0.1, -0.05) is 74.5 Å². The highest BCUT2D eigenvalue weighted by Crippen LogP contribution is 2.38. The quantitative estimate of drug-likeness (QED) is 0.391. The van der Waals surface area contributed by atoms with Gasteiger partial charge in [-0.3, -0.25) is 0 Å². The fraction of sp³-hybridized carbons (Fsp3) is 0.0769. The predicted molar refractivity (Wildman–Crippen MR) is 84.5 cm³/mol. The van der Waals surface area contributed by atoms with Crippen LogP contribution >= 0.6 is 62.3 Å². The molecule has 0 amide bonds. The standard InChI is InChI=1S/C13H7BrCl4/c14-6-7-1-2-8(10(15)3-7)9-4-12(17)13(18)5-11(9)16/h1-5H,6H2. The lowest BCUT2D eigenvalue weighted by molar-refractivity contribution is 1.43. The Balaban J connectivity index is 2.58. The van der Waals surface area contributed by atoms with Crippen molar-refractivity contribution >= 4 is 62.3 Å². The molecule has 0 bridgehead atoms. The molecule has 0 aliphatic carbocycles. The molecule has 0 fully saturated rings. The number of alkyl halides is 1. The van der Waals surface area contributed by atoms with Gasteiger partial charge in [0.05, 0.1) is 15.1 Å². The van der Waals surface area contributed by atoms with Crippen LogP contribution in [0.3, 0.4) is 0 Å². The van der Waals surface area contributed by atoms with E-state index in [9.17, 15) is 0 Å². The molecular formula is C13H7BrCl4. The smallest absolute Gasteiger partial charge is 0.0607 e. The topological polar surface area (TPSA) is 0 Å². The molecule has 0 unspecified atom stereocenters. The number of benzene rings is 2. The molecule has 2 rings (SSSR count). The van der Waals surface area contributed by atoms with E-state index >= 15 is 0 Å². The number of rotatable bonds is 2. The Kier molecular flexibility index (Phi) is 4.85. The lowest BCUT2D eigenvalue weighted by atomic mass is 10.0. The Morgan fingerprint density at radius 2 is 1.33 bits per heavy atom. The summed E-state index contributed by atoms with van der Waals surface area (Å²) in [5.41, 5.74) is 2.71. The van der Waals surface area contributed by atoms with Gasteiger partial charge in [0.15, 0.2) is 0 Å². The van der Waals surface area contributed by atoms with E-state index in [0.29, 0.717) is 20.1 Å². The third-order valence-corrected chi connectivity index (χ3v) is 4.48. The molecule has 0 aliphatic rings. The molecular weight excluding hydrogens is 378 g/mol. The Labute approximate surface area is 134 Å². The second-order valence-electron chi connectivity index (χ2n) is 3.69. The molecule has 0 saturated carbocycles. The number of hydrogen-bond acceptors (Lipinski definition) is 0. The van der Waals surface area contributed by atoms with E-state index < -0.39 is 0 Å². The average Bonchev–Trinajstić information content (AvgIpc) is 2.34. The summed E-state index contributed by atoms with van der Waals surface area (Å²) in [6, 6.07) is 9.14. The minimum atomic E-state index is 0.429. The monoisotopic (exact) mass is 382 g/mol. The fourth-order valence-electron chi connectivity index (χ4n) is 1.59. The fourth-order valence-corrected chi connectivity index (χ4v) is 2.89. The summed E-state index contributed by atoms with van der Waals surface area (Å²) < 4.78 is 0. The minimum Gasteiger partial charge on any atom is -0.0876 e. The van der Waals surface area contributed by atoms with Gasteiger partial charge in [-0.05, 0) is 23.8 Å². The molecule has 0 spiro atoms. The number of hydrogen-bond donors (Lipinski definition) is 0. The van der Waals surface area contributed by atoms with E-state index in [0.717, 1.165) is 22.0 Å². The normalized spacial score (nSPS) is 10.7. The Morgan fingerprint density at radius 3 is 1.94 bits per heavy atom. The van der Waals surface area contributed by atoms with Crippen LogP contribution in [0.4, 0.5) is 0 Å². The van der Waals surface area contributed by atoms with E-state index in [-0.39, 0.29) is 0 Å². The third kappa shape index (κ3) is 2.97. The van der Waals surface area contributed by atoms with Gasteiger partial charge in [-0.25, -0.2) is 0 Å². The van der Waals surface area contributed by atoms with Crippen molar-refractivity contribution in [3.63, 3.8) is 0 Å². The summed E-state index contributed by atoms with van der Waals surface area (Å²) in [6.45, 7) is 0. The van der Waals surface area contributed by atoms with Crippen LogP contribution < -0.4 is 0 Å². The summed E-state index contributed by atoms with van der Waals surface area (Å²) in [7, 11) is 0. The zero-order valence-electron chi connectivity index (χ0n) is 8.98. The maximum Gasteiger partial charge on any atom is 0.0607 e. The van der Waals surface area contributed by atoms with Crippen LogP contribution in [0.1, 0.15) is 5.56 Å². The van der Waals surface area contributed by atoms with Crippen LogP contribution in [-0.2, 0) is 5.33 Å². The van der Waals surface area contributed by atoms with E-state index in [1.54, 1.807) is 12.1 Å². The molecule has 0 N–H and O–H groups in total. The van der Waals surface area contributed by atoms with Gasteiger partial charge in [0.1, 0.15) is 0 Å². The summed E-state index contributed by atoms with van der Waals surface area (Å²) in [6.07, 6.45) is 0. The van der Waals surface area contributed by atoms with Crippen molar-refractivity contribution in [1.82, 2.24) is 0 Å². The molecule has 18 heavy (non-hydrogen) atoms. The van der Waals surface area contributed by atoms with Gasteiger partial charge in [0, 0.05) is 21.5 Å². The van der Waals surface area contributed by atoms with Gasteiger partial charge < -0.3 is 0 Å². The molecule has 0 radical (unpaired) electrons. The van der Waals surface area contributed by atoms with Crippen LogP contribution in [0, 0.1) is 0 Å². The largest absolute Gasteiger partial charge is 0.0876 e. The van der Waals surface area contributed by atoms with Crippen LogP contribution in [-0.4, -0.2) is 0 Å². The molecule has 2 aromatic rings. The average molecular weight is 385 g/mol. The van der Waals surface area contributed by atoms with Crippen LogP contribution in [0.15, 0.2) is 30.3 Å². The first kappa shape index (κ1) is 14.5. The Hall–Kier alpha value is 0.0800. The van der Waals surface area contributed by atoms with E-state index in [1.165, 1.54) is 0 Å². The van der Waals surface area contributed by atoms with Crippen molar-refractivity contribution in [3.8, 4) is 11.1 Å². The van der Waals surface area contributed by atoms with Crippen molar-refractivity contribution in [3.05, 3.63) is 56.0 Å². The van der Waals surface area contributed by atoms with Gasteiger partial charge >= 0.3 is 0 Å². The Bertz CT molecular complexity index is 596. The zero-order valence-corrected chi connectivity index (χ0v) is 13.6. The molecule has 2 aromatic carbocycles. The van der Waals surface area contributed by atoms with Gasteiger partial charge in [-0.2, -0.15) is 0 Å². The van der Waals surface area contributed by atoms with E-state index in [1.807, 2.05) is 18.2 Å². The highest BCUT2D eigenvalue weighted by Gasteiger charge is 2.11. The first-order valence-corrected chi connectivity index (χ1v) is 7.65. The SMILES string of the molecule is Clc1cc(Cl)c(-c2ccc(CBr)cc2Cl)cc1Cl. The van der Waals surface area contributed by atoms with Crippen LogP contribution in [0.25, 0.3) is 11.1 Å².